The molecule has 0 amide bonds. The molecule has 0 aromatic carbocycles. The molecule has 0 heterocycles. The highest BCUT2D eigenvalue weighted by Crippen LogP contribution is 2.38. The summed E-state index contributed by atoms with van der Waals surface area (Å²) in [6.45, 7) is 6.83. The maximum atomic E-state index is 6.04. The van der Waals surface area contributed by atoms with Gasteiger partial charge < -0.3 is 11.1 Å². The summed E-state index contributed by atoms with van der Waals surface area (Å²) in [5.74, 6) is 0.958. The summed E-state index contributed by atoms with van der Waals surface area (Å²) in [5, 5.41) is 3.80. The number of rotatable bonds is 4. The molecule has 2 nitrogen and oxygen atoms in total. The lowest BCUT2D eigenvalue weighted by Gasteiger charge is -2.33. The third-order valence-corrected chi connectivity index (χ3v) is 4.64. The van der Waals surface area contributed by atoms with Crippen LogP contribution >= 0.6 is 0 Å². The van der Waals surface area contributed by atoms with Crippen LogP contribution in [0.2, 0.25) is 0 Å². The van der Waals surface area contributed by atoms with E-state index < -0.39 is 0 Å². The van der Waals surface area contributed by atoms with Crippen molar-refractivity contribution >= 4 is 0 Å². The summed E-state index contributed by atoms with van der Waals surface area (Å²) in [7, 11) is 0. The Morgan fingerprint density at radius 2 is 1.88 bits per heavy atom. The molecule has 0 bridgehead atoms. The second kappa shape index (κ2) is 4.66. The lowest BCUT2D eigenvalue weighted by Crippen LogP contribution is -2.51. The fourth-order valence-corrected chi connectivity index (χ4v) is 2.87. The number of nitrogens with two attached hydrogens (primary N) is 1. The van der Waals surface area contributed by atoms with E-state index in [1.807, 2.05) is 0 Å². The maximum Gasteiger partial charge on any atom is 0.0304 e. The Morgan fingerprint density at radius 1 is 1.12 bits per heavy atom. The van der Waals surface area contributed by atoms with Crippen molar-refractivity contribution in [3.8, 4) is 0 Å². The predicted molar refractivity (Wildman–Crippen MR) is 69.4 cm³/mol. The van der Waals surface area contributed by atoms with E-state index in [4.69, 9.17) is 5.73 Å². The van der Waals surface area contributed by atoms with Crippen molar-refractivity contribution < 1.29 is 0 Å². The molecule has 2 fully saturated rings. The molecule has 2 aliphatic carbocycles. The molecule has 0 aromatic heterocycles. The number of hydrogen-bond acceptors (Lipinski definition) is 2. The van der Waals surface area contributed by atoms with Crippen molar-refractivity contribution in [2.45, 2.75) is 64.3 Å². The van der Waals surface area contributed by atoms with Gasteiger partial charge in [-0.25, -0.2) is 0 Å². The van der Waals surface area contributed by atoms with Crippen LogP contribution in [0.4, 0.5) is 0 Å². The Bertz CT molecular complexity index is 233. The van der Waals surface area contributed by atoms with Gasteiger partial charge in [0, 0.05) is 12.1 Å². The molecule has 2 saturated carbocycles. The fraction of sp³-hybridized carbons (Fsp3) is 1.00. The zero-order valence-electron chi connectivity index (χ0n) is 11.0. The minimum Gasteiger partial charge on any atom is -0.329 e. The first-order valence-electron chi connectivity index (χ1n) is 7.00. The monoisotopic (exact) mass is 224 g/mol. The van der Waals surface area contributed by atoms with Crippen LogP contribution in [-0.4, -0.2) is 18.6 Å². The third kappa shape index (κ3) is 3.21. The van der Waals surface area contributed by atoms with Crippen molar-refractivity contribution in [2.24, 2.45) is 17.1 Å². The van der Waals surface area contributed by atoms with Gasteiger partial charge in [0.1, 0.15) is 0 Å². The van der Waals surface area contributed by atoms with E-state index in [1.54, 1.807) is 0 Å². The van der Waals surface area contributed by atoms with Crippen LogP contribution in [0.1, 0.15) is 58.8 Å². The lowest BCUT2D eigenvalue weighted by atomic mass is 9.83. The van der Waals surface area contributed by atoms with Gasteiger partial charge >= 0.3 is 0 Å². The SMILES string of the molecule is CC1(C)CCCC(CN)(NCC2CC2)CC1. The number of nitrogens with one attached hydrogen (secondary N) is 1. The van der Waals surface area contributed by atoms with Crippen molar-refractivity contribution in [1.82, 2.24) is 5.32 Å². The molecular weight excluding hydrogens is 196 g/mol. The van der Waals surface area contributed by atoms with Gasteiger partial charge in [0.25, 0.3) is 0 Å². The van der Waals surface area contributed by atoms with Gasteiger partial charge in [-0.05, 0) is 56.4 Å². The smallest absolute Gasteiger partial charge is 0.0304 e. The molecule has 2 aliphatic rings. The molecule has 0 spiro atoms. The highest BCUT2D eigenvalue weighted by molar-refractivity contribution is 4.95. The molecule has 3 N–H and O–H groups in total. The first-order valence-corrected chi connectivity index (χ1v) is 7.00. The fourth-order valence-electron chi connectivity index (χ4n) is 2.87. The van der Waals surface area contributed by atoms with E-state index >= 15 is 0 Å². The van der Waals surface area contributed by atoms with Crippen LogP contribution < -0.4 is 11.1 Å². The second-order valence-electron chi connectivity index (χ2n) is 6.83. The van der Waals surface area contributed by atoms with E-state index in [0.717, 1.165) is 12.5 Å². The molecule has 1 atom stereocenters. The summed E-state index contributed by atoms with van der Waals surface area (Å²) in [6.07, 6.45) is 9.42. The summed E-state index contributed by atoms with van der Waals surface area (Å²) in [6, 6.07) is 0. The Hall–Kier alpha value is -0.0800. The van der Waals surface area contributed by atoms with E-state index in [2.05, 4.69) is 19.2 Å². The van der Waals surface area contributed by atoms with Crippen molar-refractivity contribution in [3.05, 3.63) is 0 Å². The van der Waals surface area contributed by atoms with Gasteiger partial charge in [0.05, 0.1) is 0 Å². The largest absolute Gasteiger partial charge is 0.329 e. The Balaban J connectivity index is 1.90. The van der Waals surface area contributed by atoms with Crippen LogP contribution in [0.3, 0.4) is 0 Å². The predicted octanol–water partition coefficient (Wildman–Crippen LogP) is 2.67. The van der Waals surface area contributed by atoms with Crippen LogP contribution in [0.15, 0.2) is 0 Å². The molecule has 0 aromatic rings. The minimum absolute atomic E-state index is 0.260. The Labute approximate surface area is 100 Å². The topological polar surface area (TPSA) is 38.0 Å². The highest BCUT2D eigenvalue weighted by Gasteiger charge is 2.35. The average molecular weight is 224 g/mol. The van der Waals surface area contributed by atoms with E-state index in [9.17, 15) is 0 Å². The second-order valence-corrected chi connectivity index (χ2v) is 6.83. The Morgan fingerprint density at radius 3 is 2.50 bits per heavy atom. The van der Waals surface area contributed by atoms with Gasteiger partial charge in [-0.1, -0.05) is 20.3 Å². The molecule has 16 heavy (non-hydrogen) atoms. The molecule has 0 saturated heterocycles. The van der Waals surface area contributed by atoms with Gasteiger partial charge in [-0.2, -0.15) is 0 Å². The molecule has 2 rings (SSSR count). The Kier molecular flexibility index (Phi) is 3.60. The lowest BCUT2D eigenvalue weighted by molar-refractivity contribution is 0.265. The highest BCUT2D eigenvalue weighted by atomic mass is 15.0. The van der Waals surface area contributed by atoms with Gasteiger partial charge in [-0.3, -0.25) is 0 Å². The summed E-state index contributed by atoms with van der Waals surface area (Å²) < 4.78 is 0. The quantitative estimate of drug-likeness (QED) is 0.721. The van der Waals surface area contributed by atoms with Crippen molar-refractivity contribution in [1.29, 1.82) is 0 Å². The number of hydrogen-bond donors (Lipinski definition) is 2. The first-order chi connectivity index (χ1) is 7.55. The summed E-state index contributed by atoms with van der Waals surface area (Å²) in [4.78, 5) is 0. The molecule has 0 aliphatic heterocycles. The molecule has 94 valence electrons. The average Bonchev–Trinajstić information content (AvgIpc) is 3.04. The van der Waals surface area contributed by atoms with Crippen molar-refractivity contribution in [2.75, 3.05) is 13.1 Å². The molecule has 1 unspecified atom stereocenters. The standard InChI is InChI=1S/C14H28N2/c1-13(2)6-3-7-14(11-15,9-8-13)16-10-12-4-5-12/h12,16H,3-11,15H2,1-2H3. The van der Waals surface area contributed by atoms with E-state index in [1.165, 1.54) is 51.5 Å². The maximum absolute atomic E-state index is 6.04. The molecule has 2 heteroatoms. The van der Waals surface area contributed by atoms with Gasteiger partial charge in [0.2, 0.25) is 0 Å². The summed E-state index contributed by atoms with van der Waals surface area (Å²) >= 11 is 0. The van der Waals surface area contributed by atoms with Gasteiger partial charge in [-0.15, -0.1) is 0 Å². The first kappa shape index (κ1) is 12.4. The molecule has 0 radical (unpaired) electrons. The van der Waals surface area contributed by atoms with Crippen molar-refractivity contribution in [3.63, 3.8) is 0 Å². The van der Waals surface area contributed by atoms with Crippen LogP contribution in [0.25, 0.3) is 0 Å². The van der Waals surface area contributed by atoms with Crippen LogP contribution in [0.5, 0.6) is 0 Å². The van der Waals surface area contributed by atoms with Gasteiger partial charge in [0.15, 0.2) is 0 Å². The van der Waals surface area contributed by atoms with E-state index in [-0.39, 0.29) is 5.54 Å². The third-order valence-electron chi connectivity index (χ3n) is 4.64. The zero-order chi connectivity index (χ0) is 11.6. The normalized spacial score (nSPS) is 34.7. The van der Waals surface area contributed by atoms with E-state index in [0.29, 0.717) is 5.41 Å². The zero-order valence-corrected chi connectivity index (χ0v) is 11.0. The molecular formula is C14H28N2. The minimum atomic E-state index is 0.260. The summed E-state index contributed by atoms with van der Waals surface area (Å²) in [5.41, 5.74) is 6.83. The van der Waals surface area contributed by atoms with Crippen LogP contribution in [0, 0.1) is 11.3 Å². The van der Waals surface area contributed by atoms with Crippen LogP contribution in [-0.2, 0) is 0 Å².